The van der Waals surface area contributed by atoms with Gasteiger partial charge in [0.2, 0.25) is 11.8 Å². The van der Waals surface area contributed by atoms with E-state index in [0.29, 0.717) is 18.2 Å². The van der Waals surface area contributed by atoms with Crippen molar-refractivity contribution in [1.82, 2.24) is 19.9 Å². The molecule has 2 aliphatic rings. The van der Waals surface area contributed by atoms with Gasteiger partial charge < -0.3 is 14.3 Å². The number of hydrogen-bond donors (Lipinski definition) is 0. The third-order valence-corrected chi connectivity index (χ3v) is 5.79. The minimum Gasteiger partial charge on any atom is -0.337 e. The van der Waals surface area contributed by atoms with Gasteiger partial charge in [-0.3, -0.25) is 4.79 Å². The van der Waals surface area contributed by atoms with Gasteiger partial charge in [0.05, 0.1) is 0 Å². The summed E-state index contributed by atoms with van der Waals surface area (Å²) in [5.74, 6) is 2.40. The molecule has 0 bridgehead atoms. The van der Waals surface area contributed by atoms with E-state index >= 15 is 0 Å². The molecule has 0 aliphatic carbocycles. The van der Waals surface area contributed by atoms with E-state index in [-0.39, 0.29) is 17.9 Å². The summed E-state index contributed by atoms with van der Waals surface area (Å²) in [6.45, 7) is 10.6. The predicted octanol–water partition coefficient (Wildman–Crippen LogP) is 3.76. The van der Waals surface area contributed by atoms with E-state index in [1.165, 1.54) is 13.0 Å². The summed E-state index contributed by atoms with van der Waals surface area (Å²) >= 11 is 0. The molecule has 0 unspecified atom stereocenters. The van der Waals surface area contributed by atoms with Crippen LogP contribution in [-0.2, 0) is 4.79 Å². The van der Waals surface area contributed by atoms with Crippen LogP contribution in [0.15, 0.2) is 4.52 Å². The Balaban J connectivity index is 1.59. The monoisotopic (exact) mass is 362 g/mol. The minimum atomic E-state index is -0.0311. The van der Waals surface area contributed by atoms with Gasteiger partial charge in [0, 0.05) is 18.9 Å². The Morgan fingerprint density at radius 2 is 1.96 bits per heavy atom. The summed E-state index contributed by atoms with van der Waals surface area (Å²) in [5, 5.41) is 4.10. The summed E-state index contributed by atoms with van der Waals surface area (Å²) in [5.41, 5.74) is 0. The maximum Gasteiger partial charge on any atom is 0.249 e. The second kappa shape index (κ2) is 8.98. The molecule has 0 radical (unpaired) electrons. The van der Waals surface area contributed by atoms with E-state index in [2.05, 4.69) is 35.8 Å². The average molecular weight is 363 g/mol. The molecule has 6 nitrogen and oxygen atoms in total. The number of rotatable bonds is 6. The van der Waals surface area contributed by atoms with E-state index in [0.717, 1.165) is 57.6 Å². The van der Waals surface area contributed by atoms with Crippen LogP contribution in [0.4, 0.5) is 0 Å². The van der Waals surface area contributed by atoms with Crippen LogP contribution in [0.3, 0.4) is 0 Å². The third kappa shape index (κ3) is 4.64. The Morgan fingerprint density at radius 1 is 1.19 bits per heavy atom. The zero-order valence-electron chi connectivity index (χ0n) is 16.6. The molecule has 2 fully saturated rings. The lowest BCUT2D eigenvalue weighted by atomic mass is 9.91. The number of likely N-dealkylation sites (tertiary alicyclic amines) is 2. The Bertz CT molecular complexity index is 578. The lowest BCUT2D eigenvalue weighted by Crippen LogP contribution is -2.41. The lowest BCUT2D eigenvalue weighted by molar-refractivity contribution is -0.137. The van der Waals surface area contributed by atoms with Crippen molar-refractivity contribution < 1.29 is 9.32 Å². The third-order valence-electron chi connectivity index (χ3n) is 5.79. The number of carbonyl (C=O) groups excluding carboxylic acids is 1. The first-order valence-corrected chi connectivity index (χ1v) is 10.4. The SMILES string of the molecule is CCCN1CCC(CC(=O)N2CCCC[C@@H]2c2nc(C(C)C)no2)CC1. The molecule has 3 heterocycles. The highest BCUT2D eigenvalue weighted by Crippen LogP contribution is 2.32. The molecule has 1 aromatic heterocycles. The molecule has 146 valence electrons. The van der Waals surface area contributed by atoms with E-state index in [4.69, 9.17) is 4.52 Å². The molecule has 1 aromatic rings. The summed E-state index contributed by atoms with van der Waals surface area (Å²) in [4.78, 5) is 22.1. The molecule has 2 saturated heterocycles. The van der Waals surface area contributed by atoms with Gasteiger partial charge in [-0.1, -0.05) is 25.9 Å². The molecule has 26 heavy (non-hydrogen) atoms. The average Bonchev–Trinajstić information content (AvgIpc) is 3.14. The smallest absolute Gasteiger partial charge is 0.249 e. The first kappa shape index (κ1) is 19.3. The number of aromatic nitrogens is 2. The van der Waals surface area contributed by atoms with Gasteiger partial charge in [-0.25, -0.2) is 0 Å². The Hall–Kier alpha value is -1.43. The van der Waals surface area contributed by atoms with Crippen molar-refractivity contribution >= 4 is 5.91 Å². The Labute approximate surface area is 157 Å². The number of hydrogen-bond acceptors (Lipinski definition) is 5. The van der Waals surface area contributed by atoms with Gasteiger partial charge in [0.1, 0.15) is 6.04 Å². The van der Waals surface area contributed by atoms with Crippen molar-refractivity contribution in [3.05, 3.63) is 11.7 Å². The van der Waals surface area contributed by atoms with Crippen LogP contribution < -0.4 is 0 Å². The number of piperidine rings is 2. The predicted molar refractivity (Wildman–Crippen MR) is 101 cm³/mol. The molecular formula is C20H34N4O2. The second-order valence-corrected chi connectivity index (χ2v) is 8.23. The zero-order valence-corrected chi connectivity index (χ0v) is 16.6. The highest BCUT2D eigenvalue weighted by molar-refractivity contribution is 5.77. The maximum atomic E-state index is 13.0. The zero-order chi connectivity index (χ0) is 18.5. The van der Waals surface area contributed by atoms with Gasteiger partial charge in [0.15, 0.2) is 5.82 Å². The highest BCUT2D eigenvalue weighted by Gasteiger charge is 2.33. The molecule has 0 aromatic carbocycles. The van der Waals surface area contributed by atoms with Gasteiger partial charge in [-0.05, 0) is 64.1 Å². The lowest BCUT2D eigenvalue weighted by Gasteiger charge is -2.36. The molecule has 6 heteroatoms. The molecule has 1 amide bonds. The quantitative estimate of drug-likeness (QED) is 0.771. The normalized spacial score (nSPS) is 22.9. The summed E-state index contributed by atoms with van der Waals surface area (Å²) in [6, 6.07) is -0.0311. The van der Waals surface area contributed by atoms with Crippen LogP contribution in [0.25, 0.3) is 0 Å². The Kier molecular flexibility index (Phi) is 6.68. The maximum absolute atomic E-state index is 13.0. The minimum absolute atomic E-state index is 0.0311. The molecule has 1 atom stereocenters. The number of nitrogens with zero attached hydrogens (tertiary/aromatic N) is 4. The summed E-state index contributed by atoms with van der Waals surface area (Å²) in [7, 11) is 0. The van der Waals surface area contributed by atoms with Crippen LogP contribution in [0.1, 0.15) is 89.4 Å². The largest absolute Gasteiger partial charge is 0.337 e. The molecule has 0 N–H and O–H groups in total. The van der Waals surface area contributed by atoms with Crippen molar-refractivity contribution in [2.24, 2.45) is 5.92 Å². The van der Waals surface area contributed by atoms with E-state index in [9.17, 15) is 4.79 Å². The van der Waals surface area contributed by atoms with Gasteiger partial charge in [-0.2, -0.15) is 4.98 Å². The summed E-state index contributed by atoms with van der Waals surface area (Å²) in [6.07, 6.45) is 7.28. The van der Waals surface area contributed by atoms with Crippen molar-refractivity contribution in [2.75, 3.05) is 26.2 Å². The standard InChI is InChI=1S/C20H34N4O2/c1-4-10-23-12-8-16(9-13-23)14-18(25)24-11-6-5-7-17(24)20-21-19(15(2)3)22-26-20/h15-17H,4-14H2,1-3H3/t17-/m1/s1. The van der Waals surface area contributed by atoms with E-state index < -0.39 is 0 Å². The highest BCUT2D eigenvalue weighted by atomic mass is 16.5. The van der Waals surface area contributed by atoms with Gasteiger partial charge in [-0.15, -0.1) is 0 Å². The molecule has 0 saturated carbocycles. The van der Waals surface area contributed by atoms with Gasteiger partial charge in [0.25, 0.3) is 0 Å². The molecule has 0 spiro atoms. The van der Waals surface area contributed by atoms with Crippen LogP contribution in [0.5, 0.6) is 0 Å². The Morgan fingerprint density at radius 3 is 2.62 bits per heavy atom. The second-order valence-electron chi connectivity index (χ2n) is 8.23. The summed E-state index contributed by atoms with van der Waals surface area (Å²) < 4.78 is 5.52. The molecular weight excluding hydrogens is 328 g/mol. The fourth-order valence-corrected chi connectivity index (χ4v) is 4.20. The number of carbonyl (C=O) groups is 1. The van der Waals surface area contributed by atoms with Crippen molar-refractivity contribution in [1.29, 1.82) is 0 Å². The topological polar surface area (TPSA) is 62.5 Å². The van der Waals surface area contributed by atoms with Gasteiger partial charge >= 0.3 is 0 Å². The van der Waals surface area contributed by atoms with Crippen LogP contribution in [0, 0.1) is 5.92 Å². The van der Waals surface area contributed by atoms with Crippen LogP contribution in [0.2, 0.25) is 0 Å². The van der Waals surface area contributed by atoms with E-state index in [1.54, 1.807) is 0 Å². The van der Waals surface area contributed by atoms with Crippen molar-refractivity contribution in [3.63, 3.8) is 0 Å². The van der Waals surface area contributed by atoms with E-state index in [1.807, 2.05) is 4.90 Å². The van der Waals surface area contributed by atoms with Crippen LogP contribution >= 0.6 is 0 Å². The first-order valence-electron chi connectivity index (χ1n) is 10.4. The number of amides is 1. The van der Waals surface area contributed by atoms with Crippen LogP contribution in [-0.4, -0.2) is 52.0 Å². The molecule has 3 rings (SSSR count). The molecule has 2 aliphatic heterocycles. The fourth-order valence-electron chi connectivity index (χ4n) is 4.20. The van der Waals surface area contributed by atoms with Crippen molar-refractivity contribution in [3.8, 4) is 0 Å². The van der Waals surface area contributed by atoms with Crippen molar-refractivity contribution in [2.45, 2.75) is 77.7 Å². The fraction of sp³-hybridized carbons (Fsp3) is 0.850. The first-order chi connectivity index (χ1) is 12.6.